The quantitative estimate of drug-likeness (QED) is 0.651. The number of nitrogens with two attached hydrogens (primary N) is 1. The molecule has 0 bridgehead atoms. The minimum absolute atomic E-state index is 0.00137. The number of aliphatic hydroxyl groups excluding tert-OH is 1. The maximum Gasteiger partial charge on any atom is 0.221 e. The zero-order valence-electron chi connectivity index (χ0n) is 11.3. The predicted octanol–water partition coefficient (Wildman–Crippen LogP) is 1.03. The van der Waals surface area contributed by atoms with E-state index in [1.807, 2.05) is 0 Å². The molecule has 4 N–H and O–H groups in total. The second-order valence-electron chi connectivity index (χ2n) is 6.66. The zero-order chi connectivity index (χ0) is 13.1. The molecule has 1 saturated carbocycles. The van der Waals surface area contributed by atoms with Crippen molar-refractivity contribution in [2.75, 3.05) is 13.2 Å². The molecule has 0 saturated heterocycles. The van der Waals surface area contributed by atoms with E-state index in [0.717, 1.165) is 19.3 Å². The first-order chi connectivity index (χ1) is 7.76. The van der Waals surface area contributed by atoms with Gasteiger partial charge in [0.15, 0.2) is 0 Å². The number of aliphatic hydroxyl groups is 1. The number of hydrogen-bond acceptors (Lipinski definition) is 3. The lowest BCUT2D eigenvalue weighted by Crippen LogP contribution is -2.37. The van der Waals surface area contributed by atoms with Gasteiger partial charge in [-0.3, -0.25) is 4.79 Å². The third-order valence-electron chi connectivity index (χ3n) is 3.28. The number of carbonyl (C=O) groups excluding carboxylic acids is 1. The third-order valence-corrected chi connectivity index (χ3v) is 3.28. The van der Waals surface area contributed by atoms with Crippen molar-refractivity contribution in [1.29, 1.82) is 0 Å². The summed E-state index contributed by atoms with van der Waals surface area (Å²) in [5.41, 5.74) is 6.07. The molecule has 0 aromatic heterocycles. The molecule has 100 valence electrons. The highest BCUT2D eigenvalue weighted by molar-refractivity contribution is 5.76. The third kappa shape index (κ3) is 5.50. The molecule has 1 rings (SSSR count). The van der Waals surface area contributed by atoms with Gasteiger partial charge in [-0.25, -0.2) is 0 Å². The van der Waals surface area contributed by atoms with E-state index in [-0.39, 0.29) is 29.4 Å². The van der Waals surface area contributed by atoms with Crippen molar-refractivity contribution in [3.63, 3.8) is 0 Å². The Bertz CT molecular complexity index is 267. The number of rotatable bonds is 6. The Hall–Kier alpha value is -0.610. The Balaban J connectivity index is 2.20. The highest BCUT2D eigenvalue weighted by Crippen LogP contribution is 2.44. The van der Waals surface area contributed by atoms with Crippen molar-refractivity contribution in [2.45, 2.75) is 52.5 Å². The minimum atomic E-state index is -0.0840. The molecule has 1 fully saturated rings. The second kappa shape index (κ2) is 5.36. The molecule has 1 aliphatic carbocycles. The van der Waals surface area contributed by atoms with Gasteiger partial charge in [0.2, 0.25) is 5.91 Å². The van der Waals surface area contributed by atoms with Gasteiger partial charge in [0.25, 0.3) is 0 Å². The van der Waals surface area contributed by atoms with Gasteiger partial charge in [-0.15, -0.1) is 0 Å². The number of carbonyl (C=O) groups is 1. The van der Waals surface area contributed by atoms with Crippen molar-refractivity contribution in [3.8, 4) is 0 Å². The predicted molar refractivity (Wildman–Crippen MR) is 68.4 cm³/mol. The molecule has 0 heterocycles. The summed E-state index contributed by atoms with van der Waals surface area (Å²) >= 11 is 0. The molecule has 0 radical (unpaired) electrons. The lowest BCUT2D eigenvalue weighted by atomic mass is 9.87. The maximum absolute atomic E-state index is 11.7. The summed E-state index contributed by atoms with van der Waals surface area (Å²) in [6.07, 6.45) is 3.24. The van der Waals surface area contributed by atoms with Crippen LogP contribution in [0.5, 0.6) is 0 Å². The summed E-state index contributed by atoms with van der Waals surface area (Å²) in [4.78, 5) is 11.7. The fraction of sp³-hybridized carbons (Fsp3) is 0.923. The molecule has 17 heavy (non-hydrogen) atoms. The van der Waals surface area contributed by atoms with Crippen molar-refractivity contribution in [1.82, 2.24) is 5.32 Å². The Morgan fingerprint density at radius 2 is 2.06 bits per heavy atom. The van der Waals surface area contributed by atoms with Crippen molar-refractivity contribution in [2.24, 2.45) is 16.6 Å². The van der Waals surface area contributed by atoms with Gasteiger partial charge >= 0.3 is 0 Å². The van der Waals surface area contributed by atoms with Crippen molar-refractivity contribution < 1.29 is 9.90 Å². The van der Waals surface area contributed by atoms with Gasteiger partial charge in [0.05, 0.1) is 6.61 Å². The van der Waals surface area contributed by atoms with Gasteiger partial charge in [0, 0.05) is 24.4 Å². The first-order valence-electron chi connectivity index (χ1n) is 6.40. The first kappa shape index (κ1) is 14.5. The zero-order valence-corrected chi connectivity index (χ0v) is 11.3. The van der Waals surface area contributed by atoms with E-state index in [0.29, 0.717) is 13.0 Å². The van der Waals surface area contributed by atoms with Gasteiger partial charge in [-0.2, -0.15) is 0 Å². The minimum Gasteiger partial charge on any atom is -0.396 e. The van der Waals surface area contributed by atoms with Crippen LogP contribution in [0.2, 0.25) is 0 Å². The van der Waals surface area contributed by atoms with E-state index in [2.05, 4.69) is 26.1 Å². The van der Waals surface area contributed by atoms with Gasteiger partial charge in [0.1, 0.15) is 0 Å². The molecule has 1 amide bonds. The van der Waals surface area contributed by atoms with Gasteiger partial charge in [-0.1, -0.05) is 20.8 Å². The van der Waals surface area contributed by atoms with Crippen LogP contribution in [0.4, 0.5) is 0 Å². The largest absolute Gasteiger partial charge is 0.396 e. The fourth-order valence-electron chi connectivity index (χ4n) is 2.02. The van der Waals surface area contributed by atoms with Crippen LogP contribution in [0.3, 0.4) is 0 Å². The average Bonchev–Trinajstić information content (AvgIpc) is 2.92. The van der Waals surface area contributed by atoms with Gasteiger partial charge < -0.3 is 16.2 Å². The Morgan fingerprint density at radius 3 is 2.47 bits per heavy atom. The van der Waals surface area contributed by atoms with E-state index < -0.39 is 0 Å². The van der Waals surface area contributed by atoms with Gasteiger partial charge in [-0.05, 0) is 24.7 Å². The van der Waals surface area contributed by atoms with E-state index in [1.165, 1.54) is 0 Å². The summed E-state index contributed by atoms with van der Waals surface area (Å²) in [6.45, 7) is 7.12. The standard InChI is InChI=1S/C13H26N2O2/c1-12(2,3)7-10(14)6-11(17)15-8-13(9-16)4-5-13/h10,16H,4-9,14H2,1-3H3,(H,15,17). The molecule has 1 unspecified atom stereocenters. The summed E-state index contributed by atoms with van der Waals surface area (Å²) < 4.78 is 0. The van der Waals surface area contributed by atoms with E-state index in [9.17, 15) is 4.79 Å². The highest BCUT2D eigenvalue weighted by atomic mass is 16.3. The van der Waals surface area contributed by atoms with Crippen LogP contribution < -0.4 is 11.1 Å². The number of hydrogen-bond donors (Lipinski definition) is 3. The van der Waals surface area contributed by atoms with Crippen LogP contribution >= 0.6 is 0 Å². The average molecular weight is 242 g/mol. The lowest BCUT2D eigenvalue weighted by molar-refractivity contribution is -0.121. The van der Waals surface area contributed by atoms with Crippen molar-refractivity contribution >= 4 is 5.91 Å². The van der Waals surface area contributed by atoms with Crippen LogP contribution in [0.25, 0.3) is 0 Å². The molecule has 0 aliphatic heterocycles. The molecule has 0 aromatic carbocycles. The molecular weight excluding hydrogens is 216 g/mol. The molecular formula is C13H26N2O2. The van der Waals surface area contributed by atoms with Crippen LogP contribution in [-0.4, -0.2) is 30.2 Å². The molecule has 4 heteroatoms. The van der Waals surface area contributed by atoms with E-state index >= 15 is 0 Å². The molecule has 1 aliphatic rings. The Labute approximate surface area is 104 Å². The highest BCUT2D eigenvalue weighted by Gasteiger charge is 2.42. The summed E-state index contributed by atoms with van der Waals surface area (Å²) in [7, 11) is 0. The van der Waals surface area contributed by atoms with Crippen molar-refractivity contribution in [3.05, 3.63) is 0 Å². The van der Waals surface area contributed by atoms with Crippen LogP contribution in [0, 0.1) is 10.8 Å². The smallest absolute Gasteiger partial charge is 0.221 e. The van der Waals surface area contributed by atoms with Crippen LogP contribution in [-0.2, 0) is 4.79 Å². The van der Waals surface area contributed by atoms with E-state index in [4.69, 9.17) is 10.8 Å². The Morgan fingerprint density at radius 1 is 1.47 bits per heavy atom. The second-order valence-corrected chi connectivity index (χ2v) is 6.66. The number of nitrogens with one attached hydrogen (secondary N) is 1. The maximum atomic E-state index is 11.7. The lowest BCUT2D eigenvalue weighted by Gasteiger charge is -2.23. The normalized spacial score (nSPS) is 19.8. The monoisotopic (exact) mass is 242 g/mol. The summed E-state index contributed by atoms with van der Waals surface area (Å²) in [5.74, 6) is 0.00137. The summed E-state index contributed by atoms with van der Waals surface area (Å²) in [6, 6.07) is -0.0840. The van der Waals surface area contributed by atoms with Crippen LogP contribution in [0.15, 0.2) is 0 Å². The number of amides is 1. The Kier molecular flexibility index (Phi) is 4.55. The van der Waals surface area contributed by atoms with E-state index in [1.54, 1.807) is 0 Å². The topological polar surface area (TPSA) is 75.4 Å². The summed E-state index contributed by atoms with van der Waals surface area (Å²) in [5, 5.41) is 12.0. The first-order valence-corrected chi connectivity index (χ1v) is 6.40. The molecule has 4 nitrogen and oxygen atoms in total. The molecule has 0 spiro atoms. The van der Waals surface area contributed by atoms with Crippen LogP contribution in [0.1, 0.15) is 46.5 Å². The molecule has 0 aromatic rings. The molecule has 1 atom stereocenters. The SMILES string of the molecule is CC(C)(C)CC(N)CC(=O)NCC1(CO)CC1. The fourth-order valence-corrected chi connectivity index (χ4v) is 2.02.